The summed E-state index contributed by atoms with van der Waals surface area (Å²) < 4.78 is 0. The fourth-order valence-electron chi connectivity index (χ4n) is 6.23. The minimum absolute atomic E-state index is 0.138. The van der Waals surface area contributed by atoms with Crippen LogP contribution in [0.15, 0.2) is 24.0 Å². The van der Waals surface area contributed by atoms with Gasteiger partial charge in [-0.3, -0.25) is 0 Å². The molecule has 4 rings (SSSR count). The fraction of sp³-hybridized carbons (Fsp3) is 0.789. The Morgan fingerprint density at radius 3 is 2.59 bits per heavy atom. The van der Waals surface area contributed by atoms with E-state index >= 15 is 0 Å². The minimum Gasteiger partial charge on any atom is -0.513 e. The molecule has 0 spiro atoms. The van der Waals surface area contributed by atoms with Gasteiger partial charge in [-0.25, -0.2) is 0 Å². The largest absolute Gasteiger partial charge is 0.513 e. The molecule has 0 saturated heterocycles. The number of fused-ring (bicyclic) bond motifs is 5. The van der Waals surface area contributed by atoms with Crippen molar-refractivity contribution in [3.8, 4) is 0 Å². The van der Waals surface area contributed by atoms with Gasteiger partial charge in [-0.1, -0.05) is 26.0 Å². The zero-order valence-corrected chi connectivity index (χ0v) is 13.6. The van der Waals surface area contributed by atoms with E-state index in [2.05, 4.69) is 26.0 Å². The molecular weight excluding hydrogens is 276 g/mol. The standard InChI is InChI=1S/C19H28O3/c1-18-7-5-12(20)9-11(18)3-4-13-14(18)6-8-19(2)15(13)10-16(21)17(19)22/h3-4,9,11,13-17,20-22H,5-8,10H2,1-2H3/t11?,13-,14+,15+,16-,17+,18+,19+/m1/s1. The average Bonchev–Trinajstić information content (AvgIpc) is 2.72. The topological polar surface area (TPSA) is 60.7 Å². The third-order valence-corrected chi connectivity index (χ3v) is 7.75. The highest BCUT2D eigenvalue weighted by molar-refractivity contribution is 5.24. The highest BCUT2D eigenvalue weighted by atomic mass is 16.3. The Morgan fingerprint density at radius 1 is 1.05 bits per heavy atom. The van der Waals surface area contributed by atoms with Gasteiger partial charge in [-0.2, -0.15) is 0 Å². The molecule has 4 aliphatic rings. The number of hydrogen-bond acceptors (Lipinski definition) is 3. The molecule has 0 aliphatic heterocycles. The van der Waals surface area contributed by atoms with Crippen LogP contribution in [0.3, 0.4) is 0 Å². The van der Waals surface area contributed by atoms with E-state index in [4.69, 9.17) is 0 Å². The number of hydrogen-bond donors (Lipinski definition) is 3. The lowest BCUT2D eigenvalue weighted by Crippen LogP contribution is -2.51. The highest BCUT2D eigenvalue weighted by Gasteiger charge is 2.60. The smallest absolute Gasteiger partial charge is 0.0889 e. The predicted octanol–water partition coefficient (Wildman–Crippen LogP) is 3.19. The Kier molecular flexibility index (Phi) is 3.09. The second-order valence-electron chi connectivity index (χ2n) is 8.66. The molecule has 0 aromatic carbocycles. The van der Waals surface area contributed by atoms with E-state index in [0.29, 0.717) is 29.4 Å². The van der Waals surface area contributed by atoms with Crippen LogP contribution in [0.5, 0.6) is 0 Å². The maximum absolute atomic E-state index is 10.5. The van der Waals surface area contributed by atoms with Gasteiger partial charge in [0, 0.05) is 12.3 Å². The van der Waals surface area contributed by atoms with Gasteiger partial charge in [0.15, 0.2) is 0 Å². The Balaban J connectivity index is 1.72. The predicted molar refractivity (Wildman–Crippen MR) is 85.1 cm³/mol. The molecule has 0 amide bonds. The lowest BCUT2D eigenvalue weighted by atomic mass is 9.48. The van der Waals surface area contributed by atoms with Crippen LogP contribution < -0.4 is 0 Å². The summed E-state index contributed by atoms with van der Waals surface area (Å²) in [6.07, 6.45) is 10.2. The summed E-state index contributed by atoms with van der Waals surface area (Å²) >= 11 is 0. The summed E-state index contributed by atoms with van der Waals surface area (Å²) in [4.78, 5) is 0. The number of aliphatic hydroxyl groups excluding tert-OH is 3. The Labute approximate surface area is 132 Å². The molecule has 3 heteroatoms. The lowest BCUT2D eigenvalue weighted by molar-refractivity contribution is -0.0780. The van der Waals surface area contributed by atoms with Crippen LogP contribution in [0, 0.1) is 34.5 Å². The van der Waals surface area contributed by atoms with E-state index in [-0.39, 0.29) is 10.8 Å². The Morgan fingerprint density at radius 2 is 1.82 bits per heavy atom. The molecule has 2 saturated carbocycles. The van der Waals surface area contributed by atoms with Crippen LogP contribution in [0.1, 0.15) is 46.0 Å². The van der Waals surface area contributed by atoms with Crippen LogP contribution in [-0.4, -0.2) is 27.5 Å². The van der Waals surface area contributed by atoms with Gasteiger partial charge in [0.05, 0.1) is 18.0 Å². The summed E-state index contributed by atoms with van der Waals surface area (Å²) in [6.45, 7) is 4.55. The van der Waals surface area contributed by atoms with Gasteiger partial charge in [0.2, 0.25) is 0 Å². The first-order valence-corrected chi connectivity index (χ1v) is 8.80. The molecular formula is C19H28O3. The molecule has 0 radical (unpaired) electrons. The van der Waals surface area contributed by atoms with Gasteiger partial charge < -0.3 is 15.3 Å². The molecule has 0 aromatic heterocycles. The summed E-state index contributed by atoms with van der Waals surface area (Å²) in [5, 5.41) is 30.5. The van der Waals surface area contributed by atoms with Crippen molar-refractivity contribution < 1.29 is 15.3 Å². The normalized spacial score (nSPS) is 56.8. The van der Waals surface area contributed by atoms with Crippen molar-refractivity contribution in [2.75, 3.05) is 0 Å². The molecule has 0 aromatic rings. The summed E-state index contributed by atoms with van der Waals surface area (Å²) in [5.74, 6) is 2.31. The Bertz CT molecular complexity index is 539. The maximum atomic E-state index is 10.5. The molecule has 3 nitrogen and oxygen atoms in total. The van der Waals surface area contributed by atoms with E-state index in [1.807, 2.05) is 6.08 Å². The second kappa shape index (κ2) is 4.61. The molecule has 1 unspecified atom stereocenters. The van der Waals surface area contributed by atoms with Crippen LogP contribution in [-0.2, 0) is 0 Å². The summed E-state index contributed by atoms with van der Waals surface area (Å²) in [7, 11) is 0. The lowest BCUT2D eigenvalue weighted by Gasteiger charge is -2.56. The number of rotatable bonds is 0. The van der Waals surface area contributed by atoms with Crippen molar-refractivity contribution in [3.05, 3.63) is 24.0 Å². The molecule has 8 atom stereocenters. The zero-order valence-electron chi connectivity index (χ0n) is 13.6. The molecule has 0 bridgehead atoms. The van der Waals surface area contributed by atoms with Crippen LogP contribution in [0.4, 0.5) is 0 Å². The second-order valence-corrected chi connectivity index (χ2v) is 8.66. The van der Waals surface area contributed by atoms with Gasteiger partial charge >= 0.3 is 0 Å². The Hall–Kier alpha value is -0.800. The van der Waals surface area contributed by atoms with Crippen molar-refractivity contribution in [3.63, 3.8) is 0 Å². The quantitative estimate of drug-likeness (QED) is 0.602. The van der Waals surface area contributed by atoms with Crippen molar-refractivity contribution in [1.82, 2.24) is 0 Å². The van der Waals surface area contributed by atoms with Crippen LogP contribution in [0.25, 0.3) is 0 Å². The van der Waals surface area contributed by atoms with Gasteiger partial charge in [-0.05, 0) is 60.3 Å². The molecule has 3 N–H and O–H groups in total. The van der Waals surface area contributed by atoms with Crippen LogP contribution >= 0.6 is 0 Å². The van der Waals surface area contributed by atoms with E-state index in [1.54, 1.807) is 0 Å². The van der Waals surface area contributed by atoms with Crippen molar-refractivity contribution in [2.45, 2.75) is 58.2 Å². The van der Waals surface area contributed by atoms with Crippen molar-refractivity contribution >= 4 is 0 Å². The molecule has 22 heavy (non-hydrogen) atoms. The molecule has 0 heterocycles. The van der Waals surface area contributed by atoms with Crippen LogP contribution in [0.2, 0.25) is 0 Å². The molecule has 122 valence electrons. The highest BCUT2D eigenvalue weighted by Crippen LogP contribution is 2.64. The first-order chi connectivity index (χ1) is 10.4. The van der Waals surface area contributed by atoms with E-state index < -0.39 is 12.2 Å². The summed E-state index contributed by atoms with van der Waals surface area (Å²) in [5.41, 5.74) is 0.0756. The maximum Gasteiger partial charge on any atom is 0.0889 e. The number of aliphatic hydroxyl groups is 3. The van der Waals surface area contributed by atoms with E-state index in [1.165, 1.54) is 0 Å². The van der Waals surface area contributed by atoms with Crippen molar-refractivity contribution in [2.24, 2.45) is 34.5 Å². The minimum atomic E-state index is -0.576. The monoisotopic (exact) mass is 304 g/mol. The first-order valence-electron chi connectivity index (χ1n) is 8.80. The van der Waals surface area contributed by atoms with E-state index in [0.717, 1.165) is 32.1 Å². The van der Waals surface area contributed by atoms with Gasteiger partial charge in [0.25, 0.3) is 0 Å². The first kappa shape index (κ1) is 14.8. The fourth-order valence-corrected chi connectivity index (χ4v) is 6.23. The van der Waals surface area contributed by atoms with E-state index in [9.17, 15) is 15.3 Å². The zero-order chi connectivity index (χ0) is 15.7. The summed E-state index contributed by atoms with van der Waals surface area (Å²) in [6, 6.07) is 0. The number of allylic oxidation sites excluding steroid dienone is 4. The molecule has 4 aliphatic carbocycles. The van der Waals surface area contributed by atoms with Gasteiger partial charge in [0.1, 0.15) is 0 Å². The average molecular weight is 304 g/mol. The van der Waals surface area contributed by atoms with Crippen molar-refractivity contribution in [1.29, 1.82) is 0 Å². The molecule has 2 fully saturated rings. The third kappa shape index (κ3) is 1.75. The third-order valence-electron chi connectivity index (χ3n) is 7.75. The SMILES string of the molecule is C[C@]12CC[C@H]3[C@@H](C=CC4C=C(O)CC[C@@]43C)[C@@H]1C[C@@H](O)[C@@H]2O. The van der Waals surface area contributed by atoms with Gasteiger partial charge in [-0.15, -0.1) is 0 Å².